The molecule has 2 rings (SSSR count). The Morgan fingerprint density at radius 1 is 1.56 bits per heavy atom. The largest absolute Gasteiger partial charge is 0.409 e. The quantitative estimate of drug-likeness (QED) is 0.288. The van der Waals surface area contributed by atoms with Crippen LogP contribution in [0.5, 0.6) is 0 Å². The first-order valence-electron chi connectivity index (χ1n) is 6.25. The SMILES string of the molecule is CC(C)CSc1nc2c(cc1C(N)=NO)CCC2. The molecule has 0 atom stereocenters. The Balaban J connectivity index is 2.35. The minimum Gasteiger partial charge on any atom is -0.409 e. The van der Waals surface area contributed by atoms with Crippen molar-refractivity contribution in [1.82, 2.24) is 4.98 Å². The predicted octanol–water partition coefficient (Wildman–Crippen LogP) is 2.41. The molecule has 1 heterocycles. The molecule has 4 nitrogen and oxygen atoms in total. The zero-order valence-corrected chi connectivity index (χ0v) is 11.6. The van der Waals surface area contributed by atoms with Crippen LogP contribution < -0.4 is 5.73 Å². The van der Waals surface area contributed by atoms with E-state index in [9.17, 15) is 0 Å². The maximum atomic E-state index is 8.86. The van der Waals surface area contributed by atoms with E-state index in [-0.39, 0.29) is 5.84 Å². The second-order valence-corrected chi connectivity index (χ2v) is 6.00. The summed E-state index contributed by atoms with van der Waals surface area (Å²) in [5.41, 5.74) is 8.93. The van der Waals surface area contributed by atoms with Gasteiger partial charge in [0.15, 0.2) is 5.84 Å². The average molecular weight is 265 g/mol. The third kappa shape index (κ3) is 2.77. The first-order chi connectivity index (χ1) is 8.61. The van der Waals surface area contributed by atoms with Gasteiger partial charge in [-0.15, -0.1) is 11.8 Å². The molecular formula is C13H19N3OS. The second-order valence-electron chi connectivity index (χ2n) is 4.99. The Morgan fingerprint density at radius 2 is 2.33 bits per heavy atom. The number of hydrogen-bond donors (Lipinski definition) is 2. The molecule has 0 aliphatic heterocycles. The first-order valence-corrected chi connectivity index (χ1v) is 7.24. The monoisotopic (exact) mass is 265 g/mol. The number of amidine groups is 1. The van der Waals surface area contributed by atoms with Crippen molar-refractivity contribution in [2.75, 3.05) is 5.75 Å². The van der Waals surface area contributed by atoms with Crippen LogP contribution >= 0.6 is 11.8 Å². The van der Waals surface area contributed by atoms with Gasteiger partial charge in [0.05, 0.1) is 5.56 Å². The topological polar surface area (TPSA) is 71.5 Å². The van der Waals surface area contributed by atoms with E-state index in [1.807, 2.05) is 6.07 Å². The molecule has 1 aromatic rings. The Kier molecular flexibility index (Phi) is 4.11. The number of aromatic nitrogens is 1. The van der Waals surface area contributed by atoms with E-state index in [0.717, 1.165) is 35.6 Å². The number of oxime groups is 1. The lowest BCUT2D eigenvalue weighted by Crippen LogP contribution is -2.16. The van der Waals surface area contributed by atoms with Crippen molar-refractivity contribution >= 4 is 17.6 Å². The van der Waals surface area contributed by atoms with Gasteiger partial charge >= 0.3 is 0 Å². The van der Waals surface area contributed by atoms with Gasteiger partial charge in [0.1, 0.15) is 5.03 Å². The number of hydrogen-bond acceptors (Lipinski definition) is 4. The fourth-order valence-electron chi connectivity index (χ4n) is 2.05. The number of nitrogens with zero attached hydrogens (tertiary/aromatic N) is 2. The summed E-state index contributed by atoms with van der Waals surface area (Å²) in [4.78, 5) is 4.69. The first kappa shape index (κ1) is 13.2. The standard InChI is InChI=1S/C13H19N3OS/c1-8(2)7-18-13-10(12(14)16-17)6-9-4-3-5-11(9)15-13/h6,8,17H,3-5,7H2,1-2H3,(H2,14,16). The smallest absolute Gasteiger partial charge is 0.172 e. The maximum absolute atomic E-state index is 8.86. The number of rotatable bonds is 4. The molecule has 0 fully saturated rings. The molecule has 0 saturated heterocycles. The highest BCUT2D eigenvalue weighted by atomic mass is 32.2. The van der Waals surface area contributed by atoms with Crippen molar-refractivity contribution in [3.8, 4) is 0 Å². The molecule has 0 aromatic carbocycles. The van der Waals surface area contributed by atoms with Crippen molar-refractivity contribution in [1.29, 1.82) is 0 Å². The van der Waals surface area contributed by atoms with Crippen LogP contribution in [0.2, 0.25) is 0 Å². The van der Waals surface area contributed by atoms with E-state index in [1.165, 1.54) is 11.3 Å². The van der Waals surface area contributed by atoms with Crippen molar-refractivity contribution in [3.63, 3.8) is 0 Å². The van der Waals surface area contributed by atoms with Gasteiger partial charge in [0.2, 0.25) is 0 Å². The van der Waals surface area contributed by atoms with Gasteiger partial charge in [0, 0.05) is 11.4 Å². The van der Waals surface area contributed by atoms with Crippen LogP contribution in [0.1, 0.15) is 37.1 Å². The molecule has 1 aliphatic carbocycles. The molecule has 0 unspecified atom stereocenters. The predicted molar refractivity (Wildman–Crippen MR) is 74.3 cm³/mol. The molecule has 0 saturated carbocycles. The van der Waals surface area contributed by atoms with Crippen molar-refractivity contribution < 1.29 is 5.21 Å². The lowest BCUT2D eigenvalue weighted by molar-refractivity contribution is 0.318. The lowest BCUT2D eigenvalue weighted by Gasteiger charge is -2.11. The van der Waals surface area contributed by atoms with Crippen LogP contribution in [0.15, 0.2) is 16.2 Å². The molecule has 1 aromatic heterocycles. The van der Waals surface area contributed by atoms with Gasteiger partial charge in [-0.1, -0.05) is 19.0 Å². The normalized spacial score (nSPS) is 15.2. The summed E-state index contributed by atoms with van der Waals surface area (Å²) in [6, 6.07) is 2.03. The highest BCUT2D eigenvalue weighted by Crippen LogP contribution is 2.29. The van der Waals surface area contributed by atoms with Gasteiger partial charge in [-0.3, -0.25) is 0 Å². The Labute approximate surface area is 112 Å². The third-order valence-electron chi connectivity index (χ3n) is 2.95. The Morgan fingerprint density at radius 3 is 3.00 bits per heavy atom. The molecule has 0 spiro atoms. The molecular weight excluding hydrogens is 246 g/mol. The molecule has 3 N–H and O–H groups in total. The van der Waals surface area contributed by atoms with Crippen molar-refractivity contribution in [2.24, 2.45) is 16.8 Å². The third-order valence-corrected chi connectivity index (χ3v) is 4.37. The number of thioether (sulfide) groups is 1. The van der Waals surface area contributed by atoms with Crippen molar-refractivity contribution in [3.05, 3.63) is 22.9 Å². The number of nitrogens with two attached hydrogens (primary N) is 1. The van der Waals surface area contributed by atoms with Gasteiger partial charge in [-0.05, 0) is 36.8 Å². The zero-order valence-electron chi connectivity index (χ0n) is 10.8. The molecule has 5 heteroatoms. The van der Waals surface area contributed by atoms with E-state index in [0.29, 0.717) is 5.92 Å². The molecule has 18 heavy (non-hydrogen) atoms. The van der Waals surface area contributed by atoms with Crippen LogP contribution in [0, 0.1) is 5.92 Å². The van der Waals surface area contributed by atoms with Crippen LogP contribution in [0.3, 0.4) is 0 Å². The summed E-state index contributed by atoms with van der Waals surface area (Å²) in [7, 11) is 0. The van der Waals surface area contributed by atoms with Crippen molar-refractivity contribution in [2.45, 2.75) is 38.1 Å². The second kappa shape index (κ2) is 5.61. The van der Waals surface area contributed by atoms with E-state index in [2.05, 4.69) is 24.0 Å². The Hall–Kier alpha value is -1.23. The number of aryl methyl sites for hydroxylation is 2. The maximum Gasteiger partial charge on any atom is 0.172 e. The van der Waals surface area contributed by atoms with Crippen LogP contribution in [-0.4, -0.2) is 21.8 Å². The highest BCUT2D eigenvalue weighted by molar-refractivity contribution is 7.99. The average Bonchev–Trinajstić information content (AvgIpc) is 2.81. The summed E-state index contributed by atoms with van der Waals surface area (Å²) in [5.74, 6) is 1.73. The fraction of sp³-hybridized carbons (Fsp3) is 0.538. The minimum atomic E-state index is 0.156. The van der Waals surface area contributed by atoms with Gasteiger partial charge in [-0.2, -0.15) is 0 Å². The number of fused-ring (bicyclic) bond motifs is 1. The van der Waals surface area contributed by atoms with Crippen LogP contribution in [-0.2, 0) is 12.8 Å². The number of pyridine rings is 1. The van der Waals surface area contributed by atoms with Crippen LogP contribution in [0.25, 0.3) is 0 Å². The zero-order chi connectivity index (χ0) is 13.1. The molecule has 0 bridgehead atoms. The fourth-order valence-corrected chi connectivity index (χ4v) is 3.03. The summed E-state index contributed by atoms with van der Waals surface area (Å²) < 4.78 is 0. The summed E-state index contributed by atoms with van der Waals surface area (Å²) in [6.45, 7) is 4.34. The van der Waals surface area contributed by atoms with E-state index in [4.69, 9.17) is 10.9 Å². The van der Waals surface area contributed by atoms with Crippen LogP contribution in [0.4, 0.5) is 0 Å². The summed E-state index contributed by atoms with van der Waals surface area (Å²) in [6.07, 6.45) is 3.24. The molecule has 0 amide bonds. The lowest BCUT2D eigenvalue weighted by atomic mass is 10.1. The molecule has 0 radical (unpaired) electrons. The van der Waals surface area contributed by atoms with Gasteiger partial charge in [0.25, 0.3) is 0 Å². The molecule has 98 valence electrons. The van der Waals surface area contributed by atoms with E-state index < -0.39 is 0 Å². The van der Waals surface area contributed by atoms with E-state index in [1.54, 1.807) is 11.8 Å². The van der Waals surface area contributed by atoms with Gasteiger partial charge < -0.3 is 10.9 Å². The Bertz CT molecular complexity index is 472. The molecule has 1 aliphatic rings. The van der Waals surface area contributed by atoms with Gasteiger partial charge in [-0.25, -0.2) is 4.98 Å². The van der Waals surface area contributed by atoms with E-state index >= 15 is 0 Å². The summed E-state index contributed by atoms with van der Waals surface area (Å²) in [5, 5.41) is 12.9. The summed E-state index contributed by atoms with van der Waals surface area (Å²) >= 11 is 1.68. The minimum absolute atomic E-state index is 0.156. The highest BCUT2D eigenvalue weighted by Gasteiger charge is 2.18.